The molecule has 0 heterocycles. The Kier molecular flexibility index (Phi) is 5.00. The maximum atomic E-state index is 8.84. The number of benzene rings is 2. The van der Waals surface area contributed by atoms with Gasteiger partial charge in [0.25, 0.3) is 0 Å². The quantitative estimate of drug-likeness (QED) is 0.898. The molecule has 0 aliphatic carbocycles. The van der Waals surface area contributed by atoms with Gasteiger partial charge in [-0.3, -0.25) is 0 Å². The number of para-hydroxylation sites is 1. The lowest BCUT2D eigenvalue weighted by Gasteiger charge is -2.13. The Morgan fingerprint density at radius 1 is 1.20 bits per heavy atom. The summed E-state index contributed by atoms with van der Waals surface area (Å²) in [4.78, 5) is 0. The second-order valence-electron chi connectivity index (χ2n) is 4.33. The largest absolute Gasteiger partial charge is 0.384 e. The molecule has 0 amide bonds. The van der Waals surface area contributed by atoms with Gasteiger partial charge in [-0.1, -0.05) is 29.8 Å². The van der Waals surface area contributed by atoms with Gasteiger partial charge in [0.15, 0.2) is 0 Å². The second kappa shape index (κ2) is 6.95. The Labute approximate surface area is 123 Å². The molecule has 0 unspecified atom stereocenters. The van der Waals surface area contributed by atoms with Crippen LogP contribution in [-0.2, 0) is 11.2 Å². The third kappa shape index (κ3) is 3.51. The van der Waals surface area contributed by atoms with E-state index in [0.29, 0.717) is 17.2 Å². The smallest absolute Gasteiger partial charge is 0.0992 e. The summed E-state index contributed by atoms with van der Waals surface area (Å²) in [6.45, 7) is 0.666. The molecule has 0 aliphatic heterocycles. The Morgan fingerprint density at radius 2 is 2.00 bits per heavy atom. The van der Waals surface area contributed by atoms with E-state index in [4.69, 9.17) is 21.6 Å². The zero-order valence-corrected chi connectivity index (χ0v) is 11.9. The monoisotopic (exact) mass is 286 g/mol. The van der Waals surface area contributed by atoms with Crippen LogP contribution in [0.4, 0.5) is 11.4 Å². The predicted octanol–water partition coefficient (Wildman–Crippen LogP) is 4.14. The van der Waals surface area contributed by atoms with Crippen molar-refractivity contribution in [3.8, 4) is 6.07 Å². The van der Waals surface area contributed by atoms with Gasteiger partial charge in [0.2, 0.25) is 0 Å². The lowest BCUT2D eigenvalue weighted by molar-refractivity contribution is 0.202. The molecule has 0 spiro atoms. The number of nitrogens with zero attached hydrogens (tertiary/aromatic N) is 1. The zero-order chi connectivity index (χ0) is 14.4. The first-order chi connectivity index (χ1) is 9.74. The van der Waals surface area contributed by atoms with E-state index in [2.05, 4.69) is 17.5 Å². The minimum Gasteiger partial charge on any atom is -0.384 e. The number of ether oxygens (including phenoxy) is 1. The second-order valence-corrected chi connectivity index (χ2v) is 4.74. The third-order valence-electron chi connectivity index (χ3n) is 2.96. The highest BCUT2D eigenvalue weighted by Crippen LogP contribution is 2.28. The Morgan fingerprint density at radius 3 is 2.70 bits per heavy atom. The highest BCUT2D eigenvalue weighted by molar-refractivity contribution is 6.33. The maximum Gasteiger partial charge on any atom is 0.0992 e. The molecule has 102 valence electrons. The standard InChI is InChI=1S/C16H15ClN2O/c1-20-9-8-13-4-2-3-5-15(13)19-16-7-6-12(11-18)10-14(16)17/h2-7,10,19H,8-9H2,1H3. The van der Waals surface area contributed by atoms with Crippen LogP contribution in [0.25, 0.3) is 0 Å². The summed E-state index contributed by atoms with van der Waals surface area (Å²) in [5.74, 6) is 0. The average Bonchev–Trinajstić information content (AvgIpc) is 2.48. The average molecular weight is 287 g/mol. The first-order valence-corrected chi connectivity index (χ1v) is 6.66. The van der Waals surface area contributed by atoms with Crippen molar-refractivity contribution in [3.05, 3.63) is 58.6 Å². The summed E-state index contributed by atoms with van der Waals surface area (Å²) in [5, 5.41) is 12.7. The van der Waals surface area contributed by atoms with Gasteiger partial charge in [-0.25, -0.2) is 0 Å². The number of hydrogen-bond acceptors (Lipinski definition) is 3. The fourth-order valence-corrected chi connectivity index (χ4v) is 2.13. The molecular weight excluding hydrogens is 272 g/mol. The van der Waals surface area contributed by atoms with Crippen LogP contribution in [0.2, 0.25) is 5.02 Å². The molecule has 0 saturated carbocycles. The normalized spacial score (nSPS) is 10.1. The molecule has 0 atom stereocenters. The van der Waals surface area contributed by atoms with Crippen LogP contribution in [0.3, 0.4) is 0 Å². The molecule has 3 nitrogen and oxygen atoms in total. The molecule has 0 aromatic heterocycles. The number of methoxy groups -OCH3 is 1. The van der Waals surface area contributed by atoms with E-state index in [1.807, 2.05) is 24.3 Å². The van der Waals surface area contributed by atoms with Gasteiger partial charge < -0.3 is 10.1 Å². The SMILES string of the molecule is COCCc1ccccc1Nc1ccc(C#N)cc1Cl. The van der Waals surface area contributed by atoms with Crippen LogP contribution < -0.4 is 5.32 Å². The molecule has 1 N–H and O–H groups in total. The molecule has 0 aliphatic rings. The Bertz CT molecular complexity index is 635. The predicted molar refractivity (Wildman–Crippen MR) is 81.5 cm³/mol. The molecule has 2 aromatic rings. The van der Waals surface area contributed by atoms with Crippen LogP contribution in [0, 0.1) is 11.3 Å². The lowest BCUT2D eigenvalue weighted by atomic mass is 10.1. The van der Waals surface area contributed by atoms with Gasteiger partial charge in [-0.05, 0) is 36.2 Å². The van der Waals surface area contributed by atoms with Crippen LogP contribution in [0.1, 0.15) is 11.1 Å². The number of halogens is 1. The summed E-state index contributed by atoms with van der Waals surface area (Å²) in [5.41, 5.74) is 3.50. The number of hydrogen-bond donors (Lipinski definition) is 1. The van der Waals surface area contributed by atoms with Crippen molar-refractivity contribution in [1.82, 2.24) is 0 Å². The Balaban J connectivity index is 2.24. The van der Waals surface area contributed by atoms with Crippen LogP contribution in [0.15, 0.2) is 42.5 Å². The topological polar surface area (TPSA) is 45.0 Å². The van der Waals surface area contributed by atoms with E-state index in [1.165, 1.54) is 0 Å². The minimum absolute atomic E-state index is 0.533. The summed E-state index contributed by atoms with van der Waals surface area (Å²) in [7, 11) is 1.69. The van der Waals surface area contributed by atoms with Crippen molar-refractivity contribution in [1.29, 1.82) is 5.26 Å². The molecule has 0 radical (unpaired) electrons. The van der Waals surface area contributed by atoms with Crippen molar-refractivity contribution in [2.75, 3.05) is 19.0 Å². The van der Waals surface area contributed by atoms with Gasteiger partial charge in [-0.2, -0.15) is 5.26 Å². The van der Waals surface area contributed by atoms with E-state index in [-0.39, 0.29) is 0 Å². The number of anilines is 2. The lowest BCUT2D eigenvalue weighted by Crippen LogP contribution is -2.00. The number of nitriles is 1. The molecule has 2 rings (SSSR count). The first-order valence-electron chi connectivity index (χ1n) is 6.28. The van der Waals surface area contributed by atoms with E-state index < -0.39 is 0 Å². The summed E-state index contributed by atoms with van der Waals surface area (Å²) < 4.78 is 5.12. The molecule has 4 heteroatoms. The van der Waals surface area contributed by atoms with Crippen LogP contribution >= 0.6 is 11.6 Å². The number of nitrogens with one attached hydrogen (secondary N) is 1. The summed E-state index contributed by atoms with van der Waals surface area (Å²) in [6, 6.07) is 15.3. The molecular formula is C16H15ClN2O. The van der Waals surface area contributed by atoms with Crippen molar-refractivity contribution in [2.45, 2.75) is 6.42 Å². The van der Waals surface area contributed by atoms with E-state index in [1.54, 1.807) is 19.2 Å². The maximum absolute atomic E-state index is 8.84. The van der Waals surface area contributed by atoms with Crippen molar-refractivity contribution in [2.24, 2.45) is 0 Å². The van der Waals surface area contributed by atoms with E-state index in [9.17, 15) is 0 Å². The molecule has 0 fully saturated rings. The highest BCUT2D eigenvalue weighted by atomic mass is 35.5. The van der Waals surface area contributed by atoms with E-state index in [0.717, 1.165) is 23.4 Å². The minimum atomic E-state index is 0.533. The molecule has 0 bridgehead atoms. The molecule has 2 aromatic carbocycles. The van der Waals surface area contributed by atoms with E-state index >= 15 is 0 Å². The van der Waals surface area contributed by atoms with Gasteiger partial charge in [-0.15, -0.1) is 0 Å². The molecule has 0 saturated heterocycles. The van der Waals surface area contributed by atoms with Crippen molar-refractivity contribution < 1.29 is 4.74 Å². The number of rotatable bonds is 5. The van der Waals surface area contributed by atoms with Gasteiger partial charge in [0.1, 0.15) is 0 Å². The van der Waals surface area contributed by atoms with Crippen LogP contribution in [0.5, 0.6) is 0 Å². The van der Waals surface area contributed by atoms with Gasteiger partial charge >= 0.3 is 0 Å². The fraction of sp³-hybridized carbons (Fsp3) is 0.188. The fourth-order valence-electron chi connectivity index (χ4n) is 1.90. The first kappa shape index (κ1) is 14.4. The van der Waals surface area contributed by atoms with Crippen molar-refractivity contribution >= 4 is 23.0 Å². The summed E-state index contributed by atoms with van der Waals surface area (Å²) in [6.07, 6.45) is 0.827. The summed E-state index contributed by atoms with van der Waals surface area (Å²) >= 11 is 6.18. The van der Waals surface area contributed by atoms with Gasteiger partial charge in [0, 0.05) is 12.8 Å². The van der Waals surface area contributed by atoms with Gasteiger partial charge in [0.05, 0.1) is 28.9 Å². The van der Waals surface area contributed by atoms with Crippen molar-refractivity contribution in [3.63, 3.8) is 0 Å². The van der Waals surface area contributed by atoms with Crippen LogP contribution in [-0.4, -0.2) is 13.7 Å². The Hall–Kier alpha value is -2.02. The molecule has 20 heavy (non-hydrogen) atoms. The third-order valence-corrected chi connectivity index (χ3v) is 3.27. The highest BCUT2D eigenvalue weighted by Gasteiger charge is 2.05. The zero-order valence-electron chi connectivity index (χ0n) is 11.2.